The molecule has 5 aromatic rings. The van der Waals surface area contributed by atoms with Gasteiger partial charge in [-0.25, -0.2) is 0 Å². The van der Waals surface area contributed by atoms with Crippen molar-refractivity contribution in [2.75, 3.05) is 12.4 Å². The number of halogens is 1. The van der Waals surface area contributed by atoms with Gasteiger partial charge in [0.15, 0.2) is 5.11 Å². The summed E-state index contributed by atoms with van der Waals surface area (Å²) in [6.45, 7) is 3.82. The number of benzene rings is 4. The van der Waals surface area contributed by atoms with E-state index >= 15 is 0 Å². The summed E-state index contributed by atoms with van der Waals surface area (Å²) in [5.41, 5.74) is 5.24. The number of ether oxygens (including phenoxy) is 1. The summed E-state index contributed by atoms with van der Waals surface area (Å²) in [4.78, 5) is 14.6. The van der Waals surface area contributed by atoms with Gasteiger partial charge in [-0.05, 0) is 72.9 Å². The maximum Gasteiger partial charge on any atom is 0.261 e. The minimum atomic E-state index is -0.366. The molecule has 0 fully saturated rings. The highest BCUT2D eigenvalue weighted by Crippen LogP contribution is 2.28. The highest BCUT2D eigenvalue weighted by atomic mass is 79.9. The van der Waals surface area contributed by atoms with Crippen molar-refractivity contribution in [2.24, 2.45) is 0 Å². The minimum Gasteiger partial charge on any atom is -0.496 e. The molecule has 0 spiro atoms. The lowest BCUT2D eigenvalue weighted by atomic mass is 10.1. The molecule has 1 heterocycles. The molecule has 9 heteroatoms. The van der Waals surface area contributed by atoms with E-state index in [0.717, 1.165) is 43.3 Å². The van der Waals surface area contributed by atoms with Crippen LogP contribution in [-0.2, 0) is 0 Å². The van der Waals surface area contributed by atoms with Gasteiger partial charge in [0.05, 0.1) is 18.4 Å². The normalized spacial score (nSPS) is 11.0. The molecule has 2 N–H and O–H groups in total. The standard InChI is InChI=1S/C27H22BrN5O2S/c1-15-12-22-23(32-33(31-22)24-10-6-8-17-7-4-5-9-19(17)24)14-21(15)29-27(36)30-26(34)20-13-18(28)11-16(2)25(20)35-3/h4-14H,1-3H3,(H2,29,30,34,36). The van der Waals surface area contributed by atoms with Gasteiger partial charge in [-0.2, -0.15) is 0 Å². The molecule has 180 valence electrons. The number of carbonyl (C=O) groups excluding carboxylic acids is 1. The first-order valence-electron chi connectivity index (χ1n) is 11.2. The number of anilines is 1. The number of hydrogen-bond acceptors (Lipinski definition) is 5. The number of methoxy groups -OCH3 is 1. The summed E-state index contributed by atoms with van der Waals surface area (Å²) in [5, 5.41) is 17.6. The molecule has 0 aliphatic rings. The van der Waals surface area contributed by atoms with E-state index in [9.17, 15) is 4.79 Å². The molecule has 0 saturated heterocycles. The van der Waals surface area contributed by atoms with Crippen LogP contribution in [0.2, 0.25) is 0 Å². The molecule has 5 rings (SSSR count). The highest BCUT2D eigenvalue weighted by molar-refractivity contribution is 9.10. The lowest BCUT2D eigenvalue weighted by molar-refractivity contribution is 0.0974. The summed E-state index contributed by atoms with van der Waals surface area (Å²) in [5.74, 6) is 0.135. The Morgan fingerprint density at radius 3 is 2.47 bits per heavy atom. The summed E-state index contributed by atoms with van der Waals surface area (Å²) in [6.07, 6.45) is 0. The van der Waals surface area contributed by atoms with Crippen LogP contribution in [0.25, 0.3) is 27.5 Å². The third-order valence-corrected chi connectivity index (χ3v) is 6.53. The Balaban J connectivity index is 1.41. The molecule has 36 heavy (non-hydrogen) atoms. The predicted octanol–water partition coefficient (Wildman–Crippen LogP) is 6.09. The van der Waals surface area contributed by atoms with Crippen molar-refractivity contribution in [1.82, 2.24) is 20.3 Å². The van der Waals surface area contributed by atoms with Gasteiger partial charge in [-0.15, -0.1) is 15.0 Å². The summed E-state index contributed by atoms with van der Waals surface area (Å²) in [6, 6.07) is 21.6. The third-order valence-electron chi connectivity index (χ3n) is 5.87. The number of aryl methyl sites for hydroxylation is 2. The molecular formula is C27H22BrN5O2S. The van der Waals surface area contributed by atoms with Crippen LogP contribution >= 0.6 is 28.1 Å². The van der Waals surface area contributed by atoms with Crippen molar-refractivity contribution in [3.8, 4) is 11.4 Å². The predicted molar refractivity (Wildman–Crippen MR) is 150 cm³/mol. The van der Waals surface area contributed by atoms with Gasteiger partial charge in [0.25, 0.3) is 5.91 Å². The zero-order valence-corrected chi connectivity index (χ0v) is 22.2. The molecule has 0 bridgehead atoms. The van der Waals surface area contributed by atoms with Gasteiger partial charge in [-0.1, -0.05) is 52.3 Å². The average Bonchev–Trinajstić information content (AvgIpc) is 3.25. The molecule has 0 saturated carbocycles. The maximum atomic E-state index is 12.9. The van der Waals surface area contributed by atoms with E-state index in [-0.39, 0.29) is 11.0 Å². The smallest absolute Gasteiger partial charge is 0.261 e. The van der Waals surface area contributed by atoms with Crippen LogP contribution in [0, 0.1) is 13.8 Å². The maximum absolute atomic E-state index is 12.9. The number of fused-ring (bicyclic) bond motifs is 2. The number of aromatic nitrogens is 3. The quantitative estimate of drug-likeness (QED) is 0.259. The van der Waals surface area contributed by atoms with Gasteiger partial charge in [-0.3, -0.25) is 10.1 Å². The fourth-order valence-electron chi connectivity index (χ4n) is 4.19. The van der Waals surface area contributed by atoms with Crippen molar-refractivity contribution < 1.29 is 9.53 Å². The van der Waals surface area contributed by atoms with E-state index in [2.05, 4.69) is 44.8 Å². The van der Waals surface area contributed by atoms with Crippen LogP contribution in [0.3, 0.4) is 0 Å². The van der Waals surface area contributed by atoms with E-state index in [0.29, 0.717) is 16.8 Å². The van der Waals surface area contributed by atoms with Crippen LogP contribution in [0.5, 0.6) is 5.75 Å². The van der Waals surface area contributed by atoms with Crippen molar-refractivity contribution in [2.45, 2.75) is 13.8 Å². The fourth-order valence-corrected chi connectivity index (χ4v) is 4.96. The van der Waals surface area contributed by atoms with Crippen molar-refractivity contribution in [3.05, 3.63) is 87.9 Å². The van der Waals surface area contributed by atoms with E-state index < -0.39 is 0 Å². The zero-order valence-electron chi connectivity index (χ0n) is 19.8. The van der Waals surface area contributed by atoms with Crippen LogP contribution in [0.1, 0.15) is 21.5 Å². The molecule has 7 nitrogen and oxygen atoms in total. The molecule has 0 aliphatic carbocycles. The number of nitrogens with zero attached hydrogens (tertiary/aromatic N) is 3. The summed E-state index contributed by atoms with van der Waals surface area (Å²) >= 11 is 8.87. The topological polar surface area (TPSA) is 81.1 Å². The number of nitrogens with one attached hydrogen (secondary N) is 2. The van der Waals surface area contributed by atoms with Crippen molar-refractivity contribution >= 4 is 66.7 Å². The van der Waals surface area contributed by atoms with Crippen LogP contribution < -0.4 is 15.4 Å². The lowest BCUT2D eigenvalue weighted by Crippen LogP contribution is -2.34. The van der Waals surface area contributed by atoms with Crippen LogP contribution in [0.4, 0.5) is 5.69 Å². The Hall–Kier alpha value is -3.82. The van der Waals surface area contributed by atoms with Gasteiger partial charge in [0.2, 0.25) is 0 Å². The fraction of sp³-hybridized carbons (Fsp3) is 0.111. The molecule has 0 unspecified atom stereocenters. The molecule has 0 atom stereocenters. The first-order valence-corrected chi connectivity index (χ1v) is 12.4. The number of thiocarbonyl (C=S) groups is 1. The molecule has 0 aliphatic heterocycles. The van der Waals surface area contributed by atoms with Crippen molar-refractivity contribution in [1.29, 1.82) is 0 Å². The van der Waals surface area contributed by atoms with Gasteiger partial charge < -0.3 is 10.1 Å². The van der Waals surface area contributed by atoms with E-state index in [1.807, 2.05) is 56.3 Å². The van der Waals surface area contributed by atoms with Crippen LogP contribution in [0.15, 0.2) is 71.2 Å². The zero-order chi connectivity index (χ0) is 25.4. The molecule has 1 amide bonds. The van der Waals surface area contributed by atoms with Gasteiger partial charge in [0, 0.05) is 15.5 Å². The monoisotopic (exact) mass is 559 g/mol. The number of amides is 1. The summed E-state index contributed by atoms with van der Waals surface area (Å²) in [7, 11) is 1.54. The first-order chi connectivity index (χ1) is 17.3. The lowest BCUT2D eigenvalue weighted by Gasteiger charge is -2.14. The average molecular weight is 560 g/mol. The Morgan fingerprint density at radius 1 is 0.972 bits per heavy atom. The molecular weight excluding hydrogens is 538 g/mol. The molecule has 0 radical (unpaired) electrons. The van der Waals surface area contributed by atoms with Crippen molar-refractivity contribution in [3.63, 3.8) is 0 Å². The van der Waals surface area contributed by atoms with Crippen LogP contribution in [-0.4, -0.2) is 33.1 Å². The SMILES string of the molecule is COc1c(C)cc(Br)cc1C(=O)NC(=S)Nc1cc2nn(-c3cccc4ccccc34)nc2cc1C. The summed E-state index contributed by atoms with van der Waals surface area (Å²) < 4.78 is 6.20. The molecule has 1 aromatic heterocycles. The van der Waals surface area contributed by atoms with E-state index in [4.69, 9.17) is 27.2 Å². The second-order valence-electron chi connectivity index (χ2n) is 8.36. The Kier molecular flexibility index (Phi) is 6.42. The second kappa shape index (κ2) is 9.67. The van der Waals surface area contributed by atoms with E-state index in [1.54, 1.807) is 10.9 Å². The molecule has 4 aromatic carbocycles. The second-order valence-corrected chi connectivity index (χ2v) is 9.68. The number of rotatable bonds is 4. The Bertz CT molecular complexity index is 1660. The third kappa shape index (κ3) is 4.55. The first kappa shape index (κ1) is 23.9. The highest BCUT2D eigenvalue weighted by Gasteiger charge is 2.17. The Morgan fingerprint density at radius 2 is 1.69 bits per heavy atom. The van der Waals surface area contributed by atoms with E-state index in [1.165, 1.54) is 7.11 Å². The largest absolute Gasteiger partial charge is 0.496 e. The number of carbonyl (C=O) groups is 1. The number of hydrogen-bond donors (Lipinski definition) is 2. The minimum absolute atomic E-state index is 0.170. The Labute approximate surface area is 221 Å². The van der Waals surface area contributed by atoms with Gasteiger partial charge in [0.1, 0.15) is 16.8 Å². The van der Waals surface area contributed by atoms with Gasteiger partial charge >= 0.3 is 0 Å².